The maximum atomic E-state index is 13.9. The number of aliphatic carboxylic acids is 1. The second-order valence-corrected chi connectivity index (χ2v) is 10.2. The largest absolute Gasteiger partial charge is 0.494 e. The van der Waals surface area contributed by atoms with Gasteiger partial charge in [0, 0.05) is 22.9 Å². The van der Waals surface area contributed by atoms with Crippen LogP contribution >= 0.6 is 0 Å². The van der Waals surface area contributed by atoms with Crippen LogP contribution < -0.4 is 5.73 Å². The highest BCUT2D eigenvalue weighted by Gasteiger charge is 2.22. The molecule has 0 saturated heterocycles. The minimum absolute atomic E-state index is 0.0335. The first-order valence-electron chi connectivity index (χ1n) is 13.0. The molecule has 202 valence electrons. The molecule has 0 aliphatic heterocycles. The molecule has 1 aromatic heterocycles. The third-order valence-electron chi connectivity index (χ3n) is 7.01. The number of aromatic nitrogens is 1. The van der Waals surface area contributed by atoms with Crippen molar-refractivity contribution in [3.8, 4) is 5.88 Å². The third kappa shape index (κ3) is 5.95. The smallest absolute Gasteiger partial charge is 0.303 e. The zero-order valence-electron chi connectivity index (χ0n) is 22.1. The molecule has 0 amide bonds. The van der Waals surface area contributed by atoms with E-state index in [2.05, 4.69) is 17.1 Å². The highest BCUT2D eigenvalue weighted by atomic mass is 19.1. The van der Waals surface area contributed by atoms with Gasteiger partial charge in [0.2, 0.25) is 0 Å². The van der Waals surface area contributed by atoms with Crippen molar-refractivity contribution in [1.82, 2.24) is 4.98 Å². The topological polar surface area (TPSA) is 112 Å². The van der Waals surface area contributed by atoms with Crippen LogP contribution in [0.25, 0.3) is 10.9 Å². The molecule has 0 bridgehead atoms. The molecule has 1 heterocycles. The summed E-state index contributed by atoms with van der Waals surface area (Å²) in [6.07, 6.45) is 1.11. The Morgan fingerprint density at radius 3 is 2.33 bits per heavy atom. The zero-order chi connectivity index (χ0) is 28.3. The number of H-pyrrole nitrogens is 1. The van der Waals surface area contributed by atoms with Gasteiger partial charge in [-0.3, -0.25) is 4.79 Å². The lowest BCUT2D eigenvalue weighted by atomic mass is 9.86. The number of nitrogens with two attached hydrogens (primary N) is 1. The first kappa shape index (κ1) is 26.8. The van der Waals surface area contributed by atoms with E-state index >= 15 is 0 Å². The summed E-state index contributed by atoms with van der Waals surface area (Å²) in [5.41, 5.74) is 11.9. The van der Waals surface area contributed by atoms with E-state index in [1.807, 2.05) is 73.7 Å². The van der Waals surface area contributed by atoms with Crippen molar-refractivity contribution in [2.75, 3.05) is 0 Å². The average molecular weight is 536 g/mol. The van der Waals surface area contributed by atoms with Crippen molar-refractivity contribution in [2.24, 2.45) is 10.7 Å². The van der Waals surface area contributed by atoms with Gasteiger partial charge in [-0.25, -0.2) is 9.38 Å². The van der Waals surface area contributed by atoms with Crippen LogP contribution in [0.3, 0.4) is 0 Å². The standard InChI is InChI=1S/C33H30FN3O3/c1-33(35,20-22-5-3-2-4-6-22)24-12-15-26(16-13-24)36-31(23-10-7-21(8-11-23)9-18-29(38)39)30-27-17-14-25(34)19-28(27)37-32(30)40/h2-8,10-17,19,37,40H,9,18,20,35H2,1H3,(H,38,39). The quantitative estimate of drug-likeness (QED) is 0.159. The van der Waals surface area contributed by atoms with Crippen LogP contribution in [0, 0.1) is 5.82 Å². The summed E-state index contributed by atoms with van der Waals surface area (Å²) in [4.78, 5) is 18.8. The van der Waals surface area contributed by atoms with Crippen molar-refractivity contribution >= 4 is 28.3 Å². The number of halogens is 1. The fourth-order valence-corrected chi connectivity index (χ4v) is 4.91. The predicted octanol–water partition coefficient (Wildman–Crippen LogP) is 6.62. The van der Waals surface area contributed by atoms with E-state index < -0.39 is 17.3 Å². The SMILES string of the molecule is CC(N)(Cc1ccccc1)c1ccc(N=C(c2ccc(CCC(=O)O)cc2)c2c(O)[nH]c3cc(F)ccc23)cc1. The maximum Gasteiger partial charge on any atom is 0.303 e. The second-order valence-electron chi connectivity index (χ2n) is 10.2. The summed E-state index contributed by atoms with van der Waals surface area (Å²) in [6.45, 7) is 2.00. The molecular weight excluding hydrogens is 505 g/mol. The number of aliphatic imine (C=N–C) groups is 1. The lowest BCUT2D eigenvalue weighted by Gasteiger charge is -2.25. The van der Waals surface area contributed by atoms with Crippen LogP contribution in [0.15, 0.2) is 102 Å². The van der Waals surface area contributed by atoms with Crippen LogP contribution in [-0.4, -0.2) is 26.9 Å². The summed E-state index contributed by atoms with van der Waals surface area (Å²) < 4.78 is 13.9. The average Bonchev–Trinajstić information content (AvgIpc) is 3.26. The fraction of sp³-hybridized carbons (Fsp3) is 0.152. The summed E-state index contributed by atoms with van der Waals surface area (Å²) in [5, 5.41) is 20.5. The number of rotatable bonds is 9. The van der Waals surface area contributed by atoms with E-state index in [1.165, 1.54) is 12.1 Å². The number of carboxylic acids is 1. The monoisotopic (exact) mass is 535 g/mol. The van der Waals surface area contributed by atoms with Crippen LogP contribution in [0.5, 0.6) is 5.88 Å². The molecule has 7 heteroatoms. The third-order valence-corrected chi connectivity index (χ3v) is 7.01. The molecule has 0 spiro atoms. The fourth-order valence-electron chi connectivity index (χ4n) is 4.91. The number of carbonyl (C=O) groups is 1. The van der Waals surface area contributed by atoms with Gasteiger partial charge in [0.1, 0.15) is 5.82 Å². The van der Waals surface area contributed by atoms with Crippen molar-refractivity contribution in [1.29, 1.82) is 0 Å². The van der Waals surface area contributed by atoms with Gasteiger partial charge in [-0.1, -0.05) is 66.7 Å². The van der Waals surface area contributed by atoms with Crippen LogP contribution in [0.2, 0.25) is 0 Å². The number of fused-ring (bicyclic) bond motifs is 1. The van der Waals surface area contributed by atoms with Gasteiger partial charge < -0.3 is 20.9 Å². The summed E-state index contributed by atoms with van der Waals surface area (Å²) in [7, 11) is 0. The van der Waals surface area contributed by atoms with E-state index in [-0.39, 0.29) is 12.3 Å². The zero-order valence-corrected chi connectivity index (χ0v) is 22.1. The number of carboxylic acid groups (broad SMARTS) is 1. The Bertz CT molecular complexity index is 1670. The number of benzene rings is 4. The summed E-state index contributed by atoms with van der Waals surface area (Å²) >= 11 is 0. The molecule has 0 aliphatic carbocycles. The number of aromatic hydroxyl groups is 1. The van der Waals surface area contributed by atoms with Gasteiger partial charge in [-0.15, -0.1) is 0 Å². The van der Waals surface area contributed by atoms with Crippen LogP contribution in [-0.2, 0) is 23.2 Å². The Kier molecular flexibility index (Phi) is 7.49. The molecule has 1 unspecified atom stereocenters. The highest BCUT2D eigenvalue weighted by Crippen LogP contribution is 2.33. The van der Waals surface area contributed by atoms with Gasteiger partial charge >= 0.3 is 5.97 Å². The Morgan fingerprint density at radius 2 is 1.65 bits per heavy atom. The van der Waals surface area contributed by atoms with Gasteiger partial charge in [0.25, 0.3) is 0 Å². The number of aryl methyl sites for hydroxylation is 1. The molecule has 5 rings (SSSR count). The lowest BCUT2D eigenvalue weighted by Crippen LogP contribution is -2.35. The number of hydrogen-bond acceptors (Lipinski definition) is 4. The van der Waals surface area contributed by atoms with Crippen molar-refractivity contribution in [3.63, 3.8) is 0 Å². The number of aromatic amines is 1. The molecule has 0 aliphatic rings. The molecule has 0 saturated carbocycles. The Labute approximate surface area is 231 Å². The van der Waals surface area contributed by atoms with Gasteiger partial charge in [-0.2, -0.15) is 0 Å². The first-order chi connectivity index (χ1) is 19.2. The Balaban J connectivity index is 1.54. The van der Waals surface area contributed by atoms with Crippen LogP contribution in [0.4, 0.5) is 10.1 Å². The Hall–Kier alpha value is -4.75. The van der Waals surface area contributed by atoms with Crippen molar-refractivity contribution < 1.29 is 19.4 Å². The second kappa shape index (κ2) is 11.2. The van der Waals surface area contributed by atoms with E-state index in [0.717, 1.165) is 22.3 Å². The van der Waals surface area contributed by atoms with E-state index in [9.17, 15) is 14.3 Å². The molecule has 5 aromatic rings. The molecule has 0 fully saturated rings. The number of nitrogens with one attached hydrogen (secondary N) is 1. The predicted molar refractivity (Wildman–Crippen MR) is 156 cm³/mol. The summed E-state index contributed by atoms with van der Waals surface area (Å²) in [6, 6.07) is 29.5. The van der Waals surface area contributed by atoms with Crippen molar-refractivity contribution in [3.05, 3.63) is 131 Å². The first-order valence-corrected chi connectivity index (χ1v) is 13.0. The minimum Gasteiger partial charge on any atom is -0.494 e. The van der Waals surface area contributed by atoms with E-state index in [1.54, 1.807) is 6.07 Å². The normalized spacial score (nSPS) is 13.3. The van der Waals surface area contributed by atoms with Crippen LogP contribution in [0.1, 0.15) is 41.2 Å². The van der Waals surface area contributed by atoms with Gasteiger partial charge in [-0.05, 0) is 66.8 Å². The number of hydrogen-bond donors (Lipinski definition) is 4. The van der Waals surface area contributed by atoms with Gasteiger partial charge in [0.05, 0.1) is 22.5 Å². The van der Waals surface area contributed by atoms with Crippen molar-refractivity contribution in [2.45, 2.75) is 31.7 Å². The lowest BCUT2D eigenvalue weighted by molar-refractivity contribution is -0.136. The molecule has 1 atom stereocenters. The molecule has 40 heavy (non-hydrogen) atoms. The molecule has 6 nitrogen and oxygen atoms in total. The van der Waals surface area contributed by atoms with E-state index in [0.29, 0.717) is 40.7 Å². The number of nitrogens with zero attached hydrogens (tertiary/aromatic N) is 1. The minimum atomic E-state index is -0.858. The highest BCUT2D eigenvalue weighted by molar-refractivity contribution is 6.21. The molecular formula is C33H30FN3O3. The molecule has 0 radical (unpaired) electrons. The van der Waals surface area contributed by atoms with Gasteiger partial charge in [0.15, 0.2) is 5.88 Å². The maximum absolute atomic E-state index is 13.9. The molecule has 4 aromatic carbocycles. The Morgan fingerprint density at radius 1 is 0.950 bits per heavy atom. The van der Waals surface area contributed by atoms with E-state index in [4.69, 9.17) is 15.8 Å². The molecule has 5 N–H and O–H groups in total. The summed E-state index contributed by atoms with van der Waals surface area (Å²) in [5.74, 6) is -1.40.